The van der Waals surface area contributed by atoms with E-state index in [1.54, 1.807) is 0 Å². The molecule has 222 valence electrons. The molecular formula is C41H36Fe2NP+4. The first kappa shape index (κ1) is 36.9. The van der Waals surface area contributed by atoms with E-state index in [0.29, 0.717) is 0 Å². The Morgan fingerprint density at radius 1 is 0.444 bits per heavy atom. The minimum absolute atomic E-state index is 0. The van der Waals surface area contributed by atoms with Gasteiger partial charge in [0.05, 0.1) is 0 Å². The zero-order chi connectivity index (χ0) is 29.1. The van der Waals surface area contributed by atoms with Gasteiger partial charge in [0.15, 0.2) is 0 Å². The third-order valence-corrected chi connectivity index (χ3v) is 10.2. The van der Waals surface area contributed by atoms with Crippen molar-refractivity contribution in [1.29, 1.82) is 0 Å². The molecule has 0 atom stereocenters. The van der Waals surface area contributed by atoms with E-state index >= 15 is 0 Å². The van der Waals surface area contributed by atoms with Crippen LogP contribution in [-0.2, 0) is 40.7 Å². The third-order valence-electron chi connectivity index (χ3n) is 7.66. The van der Waals surface area contributed by atoms with E-state index in [-0.39, 0.29) is 34.1 Å². The fourth-order valence-electron chi connectivity index (χ4n) is 5.69. The van der Waals surface area contributed by atoms with Crippen molar-refractivity contribution in [3.05, 3.63) is 217 Å². The molecule has 0 amide bonds. The fraction of sp³-hybridized carbons (Fsp3) is 0.0732. The van der Waals surface area contributed by atoms with Crippen LogP contribution in [0.3, 0.4) is 0 Å². The summed E-state index contributed by atoms with van der Waals surface area (Å²) in [7, 11) is -0.614. The molecule has 0 unspecified atom stereocenters. The Morgan fingerprint density at radius 3 is 1.29 bits per heavy atom. The van der Waals surface area contributed by atoms with Gasteiger partial charge in [-0.3, -0.25) is 4.90 Å². The van der Waals surface area contributed by atoms with Crippen molar-refractivity contribution in [2.24, 2.45) is 0 Å². The molecule has 5 fully saturated rings. The minimum atomic E-state index is -0.614. The number of hydrogen-bond acceptors (Lipinski definition) is 1. The van der Waals surface area contributed by atoms with Crippen LogP contribution in [0.4, 0.5) is 0 Å². The Kier molecular flexibility index (Phi) is 16.2. The summed E-state index contributed by atoms with van der Waals surface area (Å²) >= 11 is 0. The first-order valence-corrected chi connectivity index (χ1v) is 16.2. The molecule has 1 aliphatic heterocycles. The normalized spacial score (nSPS) is 20.6. The van der Waals surface area contributed by atoms with E-state index in [1.165, 1.54) is 45.1 Å². The summed E-state index contributed by atoms with van der Waals surface area (Å²) in [5, 5.41) is 4.26. The zero-order valence-electron chi connectivity index (χ0n) is 25.0. The molecule has 0 aromatic heterocycles. The van der Waals surface area contributed by atoms with Gasteiger partial charge in [0, 0.05) is 31.5 Å². The van der Waals surface area contributed by atoms with Gasteiger partial charge in [-0.2, -0.15) is 0 Å². The average molecular weight is 685 g/mol. The maximum Gasteiger partial charge on any atom is 2.00 e. The summed E-state index contributed by atoms with van der Waals surface area (Å²) < 4.78 is 0. The van der Waals surface area contributed by atoms with Crippen molar-refractivity contribution < 1.29 is 34.1 Å². The van der Waals surface area contributed by atoms with Crippen molar-refractivity contribution in [3.63, 3.8) is 0 Å². The average Bonchev–Trinajstić information content (AvgIpc) is 3.89. The van der Waals surface area contributed by atoms with Crippen LogP contribution in [0.25, 0.3) is 0 Å². The molecule has 1 nitrogen and oxygen atoms in total. The fourth-order valence-corrected chi connectivity index (χ4v) is 8.15. The van der Waals surface area contributed by atoms with Crippen molar-refractivity contribution in [1.82, 2.24) is 4.90 Å². The Balaban J connectivity index is 0.000000328. The molecule has 20 radical (unpaired) electrons. The summed E-state index contributed by atoms with van der Waals surface area (Å²) in [6.07, 6.45) is 33.5. The number of fused-ring (bicyclic) bond motifs is 3. The van der Waals surface area contributed by atoms with Gasteiger partial charge in [0.2, 0.25) is 0 Å². The summed E-state index contributed by atoms with van der Waals surface area (Å²) in [5.41, 5.74) is 1.43. The largest absolute Gasteiger partial charge is 2.00 e. The molecule has 0 bridgehead atoms. The van der Waals surface area contributed by atoms with Crippen LogP contribution in [0.15, 0.2) is 84.9 Å². The van der Waals surface area contributed by atoms with Gasteiger partial charge >= 0.3 is 34.1 Å². The first-order chi connectivity index (χ1) is 21.4. The summed E-state index contributed by atoms with van der Waals surface area (Å²) in [6.45, 7) is 2.92. The van der Waals surface area contributed by atoms with Gasteiger partial charge in [0.25, 0.3) is 0 Å². The molecule has 0 N–H and O–H groups in total. The summed E-state index contributed by atoms with van der Waals surface area (Å²) in [5.74, 6) is 5.68. The van der Waals surface area contributed by atoms with Crippen LogP contribution >= 0.6 is 7.92 Å². The van der Waals surface area contributed by atoms with Crippen LogP contribution in [0.1, 0.15) is 5.56 Å². The standard InChI is InChI=1S/C31H26NP.2C5H5.2Fe/c1-3-14-27(15-4-1)33(28-16-5-2-6-17-28)31-20-8-7-11-26(31)23-32-21-24-12-9-18-29(24)30-19-10-13-25(30)22-32;2*1-2-4-5-3-1;;/h1-20H,21-23H2;2*1-5H;;/q;;;2*+2. The molecule has 4 aliphatic carbocycles. The SMILES string of the molecule is [CH]1[CH][CH][CH][CH]1.[CH]1[CH][CH][CH][CH]1.[CH]1[CH][C]2CN(Cc3ccccc3P(c3ccccc3)c3ccccc3)C[C]3[CH][CH][CH][C]3[C]2[CH]1.[Fe+2].[Fe+2]. The van der Waals surface area contributed by atoms with Crippen molar-refractivity contribution >= 4 is 23.8 Å². The second kappa shape index (κ2) is 19.8. The van der Waals surface area contributed by atoms with E-state index in [1.807, 2.05) is 64.2 Å². The predicted molar refractivity (Wildman–Crippen MR) is 182 cm³/mol. The van der Waals surface area contributed by atoms with Crippen molar-refractivity contribution in [2.45, 2.75) is 6.54 Å². The minimum Gasteiger partial charge on any atom is -0.298 e. The number of hydrogen-bond donors (Lipinski definition) is 0. The molecule has 4 heteroatoms. The summed E-state index contributed by atoms with van der Waals surface area (Å²) in [4.78, 5) is 2.60. The van der Waals surface area contributed by atoms with Crippen molar-refractivity contribution in [2.75, 3.05) is 13.1 Å². The quantitative estimate of drug-likeness (QED) is 0.210. The zero-order valence-corrected chi connectivity index (χ0v) is 28.1. The van der Waals surface area contributed by atoms with Crippen LogP contribution < -0.4 is 15.9 Å². The van der Waals surface area contributed by atoms with E-state index < -0.39 is 7.92 Å². The molecule has 1 saturated heterocycles. The van der Waals surface area contributed by atoms with Gasteiger partial charge in [-0.15, -0.1) is 0 Å². The second-order valence-corrected chi connectivity index (χ2v) is 12.8. The Morgan fingerprint density at radius 2 is 0.844 bits per heavy atom. The Bertz CT molecular complexity index is 1130. The van der Waals surface area contributed by atoms with Crippen LogP contribution in [0.2, 0.25) is 0 Å². The molecule has 1 heterocycles. The number of likely N-dealkylation sites (tertiary alicyclic amines) is 1. The van der Waals surface area contributed by atoms with E-state index in [4.69, 9.17) is 0 Å². The van der Waals surface area contributed by atoms with Gasteiger partial charge in [-0.25, -0.2) is 0 Å². The topological polar surface area (TPSA) is 3.24 Å². The maximum atomic E-state index is 2.60. The molecule has 45 heavy (non-hydrogen) atoms. The number of nitrogens with zero attached hydrogens (tertiary/aromatic N) is 1. The predicted octanol–water partition coefficient (Wildman–Crippen LogP) is 6.85. The van der Waals surface area contributed by atoms with E-state index in [0.717, 1.165) is 19.6 Å². The molecule has 3 aromatic carbocycles. The van der Waals surface area contributed by atoms with Crippen LogP contribution in [0, 0.1) is 126 Å². The monoisotopic (exact) mass is 685 g/mol. The first-order valence-electron chi connectivity index (χ1n) is 14.9. The molecule has 4 saturated carbocycles. The molecule has 5 aliphatic rings. The maximum absolute atomic E-state index is 2.60. The van der Waals surface area contributed by atoms with Gasteiger partial charge in [0.1, 0.15) is 0 Å². The van der Waals surface area contributed by atoms with Crippen molar-refractivity contribution in [3.8, 4) is 0 Å². The molecule has 0 spiro atoms. The van der Waals surface area contributed by atoms with E-state index in [2.05, 4.69) is 128 Å². The Hall–Kier alpha value is -0.911. The van der Waals surface area contributed by atoms with Gasteiger partial charge in [-0.1, -0.05) is 84.9 Å². The summed E-state index contributed by atoms with van der Waals surface area (Å²) in [6, 6.07) is 31.1. The Labute approximate surface area is 297 Å². The third kappa shape index (κ3) is 10.3. The second-order valence-electron chi connectivity index (χ2n) is 10.6. The van der Waals surface area contributed by atoms with E-state index in [9.17, 15) is 0 Å². The number of benzene rings is 3. The smallest absolute Gasteiger partial charge is 0.298 e. The van der Waals surface area contributed by atoms with Crippen LogP contribution in [-0.4, -0.2) is 18.0 Å². The van der Waals surface area contributed by atoms with Gasteiger partial charge in [-0.05, 0) is 144 Å². The molecule has 8 rings (SSSR count). The molecular weight excluding hydrogens is 649 g/mol. The number of rotatable bonds is 5. The van der Waals surface area contributed by atoms with Gasteiger partial charge < -0.3 is 0 Å². The van der Waals surface area contributed by atoms with Crippen LogP contribution in [0.5, 0.6) is 0 Å². The molecule has 3 aromatic rings.